The minimum absolute atomic E-state index is 0.643. The van der Waals surface area contributed by atoms with Gasteiger partial charge in [-0.25, -0.2) is 0 Å². The first kappa shape index (κ1) is 81.5. The first-order valence-electron chi connectivity index (χ1n) is 40.9. The van der Waals surface area contributed by atoms with E-state index in [2.05, 4.69) is 358 Å². The zero-order chi connectivity index (χ0) is 75.6. The maximum absolute atomic E-state index is 4.22. The normalized spacial score (nSPS) is 12.7. The molecule has 10 rings (SSSR count). The fraction of sp³-hybridized carbons (Fsp3) is 0.480. The van der Waals surface area contributed by atoms with Crippen LogP contribution in [0.5, 0.6) is 0 Å². The summed E-state index contributed by atoms with van der Waals surface area (Å²) in [6.45, 7) is 57.7. The summed E-state index contributed by atoms with van der Waals surface area (Å²) in [5, 5.41) is 20.3. The third-order valence-corrected chi connectivity index (χ3v) is 42.9. The maximum Gasteiger partial charge on any atom is 0.139 e. The summed E-state index contributed by atoms with van der Waals surface area (Å²) >= 11 is 0. The summed E-state index contributed by atoms with van der Waals surface area (Å²) in [5.41, 5.74) is 21.7. The molecule has 10 aromatic rings. The summed E-state index contributed by atoms with van der Waals surface area (Å²) < 4.78 is 0. The number of benzene rings is 10. The molecule has 0 unspecified atom stereocenters. The van der Waals surface area contributed by atoms with Gasteiger partial charge in [0.2, 0.25) is 0 Å². The minimum Gasteiger partial charge on any atom is -0.126 e. The van der Waals surface area contributed by atoms with Gasteiger partial charge in [0.05, 0.1) is 0 Å². The molecule has 0 spiro atoms. The van der Waals surface area contributed by atoms with Gasteiger partial charge in [-0.15, -0.1) is 22.2 Å². The SMILES string of the molecule is CC(C)C[Si](C#Cc1c2cc3ccccc3cc2c(C#C[Si](CC(C)C)(CC(C)C)CC(C)C)c2cc3ccccc3cc12)(CC(C)C)CC(C)C.CC(C)C[Si](C#Cc1c2cc3ccccc3cc2c(C#C[Si](CC(C)C)(CC(C)C)CC(C)C)c2cc3ccccc3cc12)(CC(C)C)CC(C)C. The molecule has 10 aromatic carbocycles. The molecule has 0 fully saturated rings. The molecule has 0 atom stereocenters. The molecular formula is C100H132Si4. The highest BCUT2D eigenvalue weighted by Gasteiger charge is 2.38. The van der Waals surface area contributed by atoms with Crippen LogP contribution in [0.15, 0.2) is 146 Å². The third kappa shape index (κ3) is 21.0. The van der Waals surface area contributed by atoms with Crippen molar-refractivity contribution in [3.05, 3.63) is 168 Å². The highest BCUT2D eigenvalue weighted by Crippen LogP contribution is 2.43. The standard InChI is InChI=1S/2C50H66Si2/c2*1-35(2)29-51(30-36(3)4,31-37(5)6)23-21-45-47-25-41-17-13-15-19-43(41)27-49(47)46(50-28-44-20-16-14-18-42(44)26-48(45)50)22-24-52(32-38(7)8,33-39(9)10)34-40(11)12/h2*13-20,25-28,35-40H,29-34H2,1-12H3. The van der Waals surface area contributed by atoms with Crippen molar-refractivity contribution >= 4 is 118 Å². The van der Waals surface area contributed by atoms with Crippen molar-refractivity contribution < 1.29 is 0 Å². The Balaban J connectivity index is 0.000000241. The molecule has 0 saturated carbocycles. The smallest absolute Gasteiger partial charge is 0.126 e. The molecule has 0 radical (unpaired) electrons. The van der Waals surface area contributed by atoms with Crippen molar-refractivity contribution in [2.24, 2.45) is 71.0 Å². The minimum atomic E-state index is -1.93. The van der Waals surface area contributed by atoms with E-state index in [0.717, 1.165) is 0 Å². The Morgan fingerprint density at radius 1 is 0.183 bits per heavy atom. The molecule has 0 N–H and O–H groups in total. The molecule has 0 nitrogen and oxygen atoms in total. The van der Waals surface area contributed by atoms with Crippen molar-refractivity contribution in [2.75, 3.05) is 0 Å². The molecular weight excluding hydrogens is 1310 g/mol. The molecule has 0 amide bonds. The van der Waals surface area contributed by atoms with Crippen LogP contribution in [-0.4, -0.2) is 32.3 Å². The van der Waals surface area contributed by atoms with Gasteiger partial charge in [0.25, 0.3) is 0 Å². The quantitative estimate of drug-likeness (QED) is 0.0321. The fourth-order valence-electron chi connectivity index (χ4n) is 19.5. The molecule has 0 aliphatic rings. The summed E-state index contributed by atoms with van der Waals surface area (Å²) in [6, 6.07) is 70.1. The molecule has 548 valence electrons. The monoisotopic (exact) mass is 1440 g/mol. The molecule has 0 saturated heterocycles. The van der Waals surface area contributed by atoms with Gasteiger partial charge in [-0.05, 0) is 278 Å². The van der Waals surface area contributed by atoms with Gasteiger partial charge < -0.3 is 0 Å². The highest BCUT2D eigenvalue weighted by atomic mass is 28.3. The van der Waals surface area contributed by atoms with E-state index in [1.54, 1.807) is 0 Å². The largest absolute Gasteiger partial charge is 0.139 e. The molecule has 0 aliphatic carbocycles. The van der Waals surface area contributed by atoms with E-state index < -0.39 is 32.3 Å². The molecule has 0 bridgehead atoms. The van der Waals surface area contributed by atoms with Crippen LogP contribution in [0.2, 0.25) is 72.5 Å². The van der Waals surface area contributed by atoms with Crippen LogP contribution < -0.4 is 0 Å². The zero-order valence-corrected chi connectivity index (χ0v) is 73.3. The summed E-state index contributed by atoms with van der Waals surface area (Å²) in [6.07, 6.45) is 0. The maximum atomic E-state index is 4.22. The van der Waals surface area contributed by atoms with Crippen molar-refractivity contribution in [1.82, 2.24) is 0 Å². The first-order chi connectivity index (χ1) is 49.2. The number of hydrogen-bond acceptors (Lipinski definition) is 0. The average Bonchev–Trinajstić information content (AvgIpc) is 0.737. The first-order valence-corrected chi connectivity index (χ1v) is 51.4. The van der Waals surface area contributed by atoms with E-state index in [1.165, 1.54) is 181 Å². The number of hydrogen-bond donors (Lipinski definition) is 0. The second-order valence-corrected chi connectivity index (χ2v) is 53.9. The lowest BCUT2D eigenvalue weighted by Gasteiger charge is -2.31. The van der Waals surface area contributed by atoms with Gasteiger partial charge in [-0.3, -0.25) is 0 Å². The lowest BCUT2D eigenvalue weighted by atomic mass is 9.89. The van der Waals surface area contributed by atoms with E-state index in [-0.39, 0.29) is 0 Å². The van der Waals surface area contributed by atoms with Crippen LogP contribution in [0.3, 0.4) is 0 Å². The second-order valence-electron chi connectivity index (χ2n) is 37.8. The van der Waals surface area contributed by atoms with E-state index >= 15 is 0 Å². The molecule has 4 heteroatoms. The number of rotatable bonds is 24. The second kappa shape index (κ2) is 35.4. The van der Waals surface area contributed by atoms with E-state index in [9.17, 15) is 0 Å². The van der Waals surface area contributed by atoms with Crippen molar-refractivity contribution in [3.63, 3.8) is 0 Å². The third-order valence-electron chi connectivity index (χ3n) is 21.1. The zero-order valence-electron chi connectivity index (χ0n) is 69.3. The lowest BCUT2D eigenvalue weighted by molar-refractivity contribution is 0.650. The van der Waals surface area contributed by atoms with Gasteiger partial charge in [0.1, 0.15) is 32.3 Å². The Labute approximate surface area is 637 Å². The van der Waals surface area contributed by atoms with Crippen molar-refractivity contribution in [2.45, 2.75) is 239 Å². The van der Waals surface area contributed by atoms with Crippen LogP contribution >= 0.6 is 0 Å². The topological polar surface area (TPSA) is 0 Å². The van der Waals surface area contributed by atoms with Gasteiger partial charge in [0, 0.05) is 22.3 Å². The molecule has 0 aliphatic heterocycles. The van der Waals surface area contributed by atoms with Crippen molar-refractivity contribution in [3.8, 4) is 45.9 Å². The van der Waals surface area contributed by atoms with Gasteiger partial charge in [-0.1, -0.05) is 287 Å². The average molecular weight is 1450 g/mol. The van der Waals surface area contributed by atoms with E-state index in [4.69, 9.17) is 0 Å². The van der Waals surface area contributed by atoms with Crippen LogP contribution in [0.1, 0.15) is 188 Å². The molecule has 0 aromatic heterocycles. The molecule has 0 heterocycles. The fourth-order valence-corrected chi connectivity index (χ4v) is 43.0. The van der Waals surface area contributed by atoms with Crippen molar-refractivity contribution in [1.29, 1.82) is 0 Å². The van der Waals surface area contributed by atoms with Crippen LogP contribution in [0, 0.1) is 117 Å². The highest BCUT2D eigenvalue weighted by molar-refractivity contribution is 6.89. The predicted molar refractivity (Wildman–Crippen MR) is 479 cm³/mol. The van der Waals surface area contributed by atoms with Gasteiger partial charge >= 0.3 is 0 Å². The summed E-state index contributed by atoms with van der Waals surface area (Å²) in [5.74, 6) is 24.0. The Bertz CT molecular complexity index is 3980. The summed E-state index contributed by atoms with van der Waals surface area (Å²) in [4.78, 5) is 0. The predicted octanol–water partition coefficient (Wildman–Crippen LogP) is 29.8. The Hall–Kier alpha value is -6.61. The Morgan fingerprint density at radius 2 is 0.288 bits per heavy atom. The van der Waals surface area contributed by atoms with E-state index in [1.807, 2.05) is 0 Å². The van der Waals surface area contributed by atoms with Gasteiger partial charge in [-0.2, -0.15) is 0 Å². The summed E-state index contributed by atoms with van der Waals surface area (Å²) in [7, 11) is -7.74. The Morgan fingerprint density at radius 3 is 0.385 bits per heavy atom. The number of fused-ring (bicyclic) bond motifs is 8. The van der Waals surface area contributed by atoms with E-state index in [0.29, 0.717) is 71.0 Å². The molecule has 104 heavy (non-hydrogen) atoms. The lowest BCUT2D eigenvalue weighted by Crippen LogP contribution is -2.37. The van der Waals surface area contributed by atoms with Gasteiger partial charge in [0.15, 0.2) is 0 Å². The van der Waals surface area contributed by atoms with Crippen LogP contribution in [-0.2, 0) is 0 Å². The van der Waals surface area contributed by atoms with Crippen LogP contribution in [0.4, 0.5) is 0 Å². The Kier molecular flexibility index (Phi) is 27.7. The van der Waals surface area contributed by atoms with Crippen LogP contribution in [0.25, 0.3) is 86.2 Å².